The van der Waals surface area contributed by atoms with Crippen molar-refractivity contribution < 1.29 is 34.2 Å². The highest BCUT2D eigenvalue weighted by molar-refractivity contribution is 9.10. The lowest BCUT2D eigenvalue weighted by Gasteiger charge is -2.14. The van der Waals surface area contributed by atoms with Gasteiger partial charge < -0.3 is 19.2 Å². The molecule has 0 fully saturated rings. The Bertz CT molecular complexity index is 1200. The Morgan fingerprint density at radius 2 is 1.90 bits per heavy atom. The number of halogens is 3. The number of pyridine rings is 1. The number of H-pyrrole nitrogens is 1. The van der Waals surface area contributed by atoms with Crippen LogP contribution < -0.4 is 18.9 Å². The maximum atomic E-state index is 12.9. The van der Waals surface area contributed by atoms with Gasteiger partial charge in [0.2, 0.25) is 11.7 Å². The van der Waals surface area contributed by atoms with Crippen LogP contribution >= 0.6 is 15.9 Å². The van der Waals surface area contributed by atoms with Crippen molar-refractivity contribution >= 4 is 42.9 Å². The zero-order chi connectivity index (χ0) is 23.0. The predicted octanol–water partition coefficient (Wildman–Crippen LogP) is 2.58. The van der Waals surface area contributed by atoms with Crippen LogP contribution in [-0.2, 0) is 10.0 Å². The van der Waals surface area contributed by atoms with Crippen LogP contribution in [0.2, 0.25) is 0 Å². The normalized spacial score (nSPS) is 13.2. The predicted molar refractivity (Wildman–Crippen MR) is 101 cm³/mol. The molecule has 0 radical (unpaired) electrons. The highest BCUT2D eigenvalue weighted by Gasteiger charge is 2.25. The maximum Gasteiger partial charge on any atom is 0.272 e. The number of sulfonamides is 1. The number of fused-ring (bicyclic) bond motifs is 1. The minimum absolute atomic E-state index is 0.154. The maximum absolute atomic E-state index is 12.9. The molecule has 14 heteroatoms. The fraction of sp³-hybridized carbons (Fsp3) is 0.267. The van der Waals surface area contributed by atoms with E-state index in [0.29, 0.717) is 15.6 Å². The Hall–Kier alpha value is -2.74. The third-order valence-electron chi connectivity index (χ3n) is 3.42. The molecule has 3 rings (SSSR count). The second-order valence-corrected chi connectivity index (χ2v) is 7.67. The summed E-state index contributed by atoms with van der Waals surface area (Å²) in [5, 5.41) is 0.291. The summed E-state index contributed by atoms with van der Waals surface area (Å²) >= 11 is 3.18. The average Bonchev–Trinajstić information content (AvgIpc) is 3.12. The van der Waals surface area contributed by atoms with Crippen molar-refractivity contribution in [3.8, 4) is 17.5 Å². The van der Waals surface area contributed by atoms with Crippen LogP contribution in [0.15, 0.2) is 27.8 Å². The minimum atomic E-state index is -4.23. The van der Waals surface area contributed by atoms with Crippen LogP contribution in [0.25, 0.3) is 11.0 Å². The van der Waals surface area contributed by atoms with Gasteiger partial charge in [0.25, 0.3) is 28.2 Å². The SMILES string of the molecule is [2H]C([2H])(Oc1c(OC)nc(NS(=O)(=O)c2c[nH]c3nc(Br)ccc23)nc1OC)C(F)F. The van der Waals surface area contributed by atoms with Crippen LogP contribution in [0.5, 0.6) is 17.5 Å². The molecule has 0 aliphatic carbocycles. The molecule has 0 aliphatic rings. The number of nitrogens with zero attached hydrogens (tertiary/aromatic N) is 3. The topological polar surface area (TPSA) is 128 Å². The van der Waals surface area contributed by atoms with Crippen molar-refractivity contribution in [2.24, 2.45) is 0 Å². The van der Waals surface area contributed by atoms with Gasteiger partial charge in [0.1, 0.15) is 21.7 Å². The van der Waals surface area contributed by atoms with E-state index in [1.165, 1.54) is 12.3 Å². The molecular formula is C15H14BrF2N5O5S. The zero-order valence-electron chi connectivity index (χ0n) is 16.7. The second kappa shape index (κ2) is 8.32. The third-order valence-corrected chi connectivity index (χ3v) is 5.23. The molecule has 2 N–H and O–H groups in total. The largest absolute Gasteiger partial charge is 0.478 e. The number of hydrogen-bond acceptors (Lipinski definition) is 8. The smallest absolute Gasteiger partial charge is 0.272 e. The van der Waals surface area contributed by atoms with Gasteiger partial charge in [-0.2, -0.15) is 9.97 Å². The molecule has 0 spiro atoms. The van der Waals surface area contributed by atoms with Crippen LogP contribution in [0, 0.1) is 0 Å². The Balaban J connectivity index is 2.01. The van der Waals surface area contributed by atoms with Gasteiger partial charge in [0, 0.05) is 11.6 Å². The first-order valence-electron chi connectivity index (χ1n) is 8.62. The molecule has 0 amide bonds. The van der Waals surface area contributed by atoms with E-state index in [1.54, 1.807) is 6.07 Å². The summed E-state index contributed by atoms with van der Waals surface area (Å²) in [6.07, 6.45) is -2.29. The van der Waals surface area contributed by atoms with E-state index < -0.39 is 46.5 Å². The quantitative estimate of drug-likeness (QED) is 0.456. The number of hydrogen-bond donors (Lipinski definition) is 2. The molecule has 156 valence electrons. The van der Waals surface area contributed by atoms with Gasteiger partial charge in [0.15, 0.2) is 0 Å². The summed E-state index contributed by atoms with van der Waals surface area (Å²) in [6, 6.07) is 3.09. The molecule has 0 bridgehead atoms. The second-order valence-electron chi connectivity index (χ2n) is 5.20. The highest BCUT2D eigenvalue weighted by Crippen LogP contribution is 2.36. The number of aromatic nitrogens is 4. The van der Waals surface area contributed by atoms with Crippen LogP contribution in [-0.4, -0.2) is 55.6 Å². The summed E-state index contributed by atoms with van der Waals surface area (Å²) in [7, 11) is -2.05. The lowest BCUT2D eigenvalue weighted by Crippen LogP contribution is -2.16. The first-order chi connectivity index (χ1) is 14.5. The van der Waals surface area contributed by atoms with Crippen LogP contribution in [0.3, 0.4) is 0 Å². The molecule has 0 unspecified atom stereocenters. The Morgan fingerprint density at radius 1 is 1.24 bits per heavy atom. The van der Waals surface area contributed by atoms with Gasteiger partial charge in [-0.15, -0.1) is 0 Å². The minimum Gasteiger partial charge on any atom is -0.478 e. The van der Waals surface area contributed by atoms with Gasteiger partial charge in [-0.25, -0.2) is 26.9 Å². The van der Waals surface area contributed by atoms with Crippen molar-refractivity contribution in [1.29, 1.82) is 0 Å². The van der Waals surface area contributed by atoms with Crippen molar-refractivity contribution in [2.45, 2.75) is 11.3 Å². The van der Waals surface area contributed by atoms with Crippen molar-refractivity contribution in [2.75, 3.05) is 25.5 Å². The Morgan fingerprint density at radius 3 is 2.48 bits per heavy atom. The monoisotopic (exact) mass is 495 g/mol. The molecule has 3 aromatic heterocycles. The van der Waals surface area contributed by atoms with E-state index >= 15 is 0 Å². The first kappa shape index (κ1) is 18.3. The van der Waals surface area contributed by atoms with E-state index in [0.717, 1.165) is 14.2 Å². The van der Waals surface area contributed by atoms with Crippen molar-refractivity contribution in [3.63, 3.8) is 0 Å². The molecule has 29 heavy (non-hydrogen) atoms. The number of nitrogens with one attached hydrogen (secondary N) is 2. The molecule has 0 aromatic carbocycles. The average molecular weight is 496 g/mol. The molecule has 0 aliphatic heterocycles. The van der Waals surface area contributed by atoms with Gasteiger partial charge in [-0.3, -0.25) is 0 Å². The first-order valence-corrected chi connectivity index (χ1v) is 9.89. The summed E-state index contributed by atoms with van der Waals surface area (Å²) < 4.78 is 83.0. The summed E-state index contributed by atoms with van der Waals surface area (Å²) in [4.78, 5) is 14.2. The fourth-order valence-corrected chi connectivity index (χ4v) is 3.70. The lowest BCUT2D eigenvalue weighted by atomic mass is 10.3. The molecule has 0 saturated carbocycles. The highest BCUT2D eigenvalue weighted by atomic mass is 79.9. The van der Waals surface area contributed by atoms with Crippen LogP contribution in [0.1, 0.15) is 2.74 Å². The zero-order valence-corrected chi connectivity index (χ0v) is 17.1. The summed E-state index contributed by atoms with van der Waals surface area (Å²) in [5.74, 6) is -2.25. The number of methoxy groups -OCH3 is 2. The fourth-order valence-electron chi connectivity index (χ4n) is 2.28. The van der Waals surface area contributed by atoms with Crippen molar-refractivity contribution in [1.82, 2.24) is 19.9 Å². The number of rotatable bonds is 8. The van der Waals surface area contributed by atoms with Gasteiger partial charge in [0.05, 0.1) is 17.0 Å². The molecule has 10 nitrogen and oxygen atoms in total. The van der Waals surface area contributed by atoms with E-state index in [4.69, 9.17) is 12.2 Å². The Kier molecular flexibility index (Phi) is 5.25. The van der Waals surface area contributed by atoms with E-state index in [2.05, 4.69) is 45.3 Å². The number of anilines is 1. The standard InChI is InChI=1S/C15H14BrF2N5O5S/c1-26-13-11(28-6-10(17)18)14(27-2)22-15(21-13)23-29(24,25)8-5-19-12-7(8)3-4-9(16)20-12/h3-5,10H,6H2,1-2H3,(H,19,20)(H,21,22,23)/i6D2. The van der Waals surface area contributed by atoms with Crippen LogP contribution in [0.4, 0.5) is 14.7 Å². The summed E-state index contributed by atoms with van der Waals surface area (Å²) in [5.41, 5.74) is 0.309. The van der Waals surface area contributed by atoms with E-state index in [1.807, 2.05) is 0 Å². The number of alkyl halides is 2. The summed E-state index contributed by atoms with van der Waals surface area (Å²) in [6.45, 7) is -3.41. The molecular weight excluding hydrogens is 480 g/mol. The molecule has 0 atom stereocenters. The van der Waals surface area contributed by atoms with Gasteiger partial charge in [-0.1, -0.05) is 0 Å². The Labute approximate surface area is 174 Å². The third kappa shape index (κ3) is 4.48. The molecule has 3 aromatic rings. The van der Waals surface area contributed by atoms with E-state index in [9.17, 15) is 17.2 Å². The number of ether oxygens (including phenoxy) is 3. The van der Waals surface area contributed by atoms with Gasteiger partial charge in [-0.05, 0) is 28.1 Å². The van der Waals surface area contributed by atoms with E-state index in [-0.39, 0.29) is 4.90 Å². The molecule has 0 saturated heterocycles. The van der Waals surface area contributed by atoms with Crippen molar-refractivity contribution in [3.05, 3.63) is 22.9 Å². The lowest BCUT2D eigenvalue weighted by molar-refractivity contribution is 0.0781. The molecule has 3 heterocycles. The van der Waals surface area contributed by atoms with Gasteiger partial charge >= 0.3 is 0 Å². The number of aromatic amines is 1.